The van der Waals surface area contributed by atoms with E-state index in [0.29, 0.717) is 6.54 Å². The van der Waals surface area contributed by atoms with Gasteiger partial charge in [-0.25, -0.2) is 13.4 Å². The maximum Gasteiger partial charge on any atom is 0.193 e. The normalized spacial score (nSPS) is 16.9. The van der Waals surface area contributed by atoms with Gasteiger partial charge in [0.25, 0.3) is 0 Å². The summed E-state index contributed by atoms with van der Waals surface area (Å²) in [6.45, 7) is 8.92. The lowest BCUT2D eigenvalue weighted by Crippen LogP contribution is -2.53. The second-order valence-corrected chi connectivity index (χ2v) is 9.93. The topological polar surface area (TPSA) is 77.9 Å². The van der Waals surface area contributed by atoms with Crippen LogP contribution in [0.2, 0.25) is 0 Å². The van der Waals surface area contributed by atoms with Gasteiger partial charge in [-0.3, -0.25) is 4.99 Å². The molecule has 1 fully saturated rings. The second kappa shape index (κ2) is 8.03. The Labute approximate surface area is 151 Å². The molecule has 1 saturated heterocycles. The predicted molar refractivity (Wildman–Crippen MR) is 103 cm³/mol. The molecule has 1 aromatic heterocycles. The van der Waals surface area contributed by atoms with Gasteiger partial charge in [0.1, 0.15) is 5.82 Å². The average molecular weight is 368 g/mol. The van der Waals surface area contributed by atoms with Gasteiger partial charge in [-0.2, -0.15) is 0 Å². The predicted octanol–water partition coefficient (Wildman–Crippen LogP) is 0.992. The minimum absolute atomic E-state index is 0.101. The molecule has 0 unspecified atom stereocenters. The molecule has 0 bridgehead atoms. The number of aliphatic imine (C=N–C) groups is 1. The minimum atomic E-state index is -3.13. The van der Waals surface area contributed by atoms with E-state index in [1.54, 1.807) is 34.0 Å². The maximum atomic E-state index is 12.2. The van der Waals surface area contributed by atoms with Crippen molar-refractivity contribution in [3.05, 3.63) is 24.4 Å². The zero-order valence-electron chi connectivity index (χ0n) is 15.6. The van der Waals surface area contributed by atoms with Crippen molar-refractivity contribution in [3.63, 3.8) is 0 Å². The Morgan fingerprint density at radius 1 is 1.24 bits per heavy atom. The number of hydrogen-bond acceptors (Lipinski definition) is 5. The van der Waals surface area contributed by atoms with E-state index in [4.69, 9.17) is 0 Å². The number of aromatic nitrogens is 1. The van der Waals surface area contributed by atoms with Crippen LogP contribution in [0.25, 0.3) is 0 Å². The first-order valence-corrected chi connectivity index (χ1v) is 10.2. The molecule has 8 heteroatoms. The second-order valence-electron chi connectivity index (χ2n) is 7.07. The molecular weight excluding hydrogens is 338 g/mol. The summed E-state index contributed by atoms with van der Waals surface area (Å²) in [5.41, 5.74) is 0. The zero-order chi connectivity index (χ0) is 18.5. The molecule has 2 heterocycles. The van der Waals surface area contributed by atoms with Crippen molar-refractivity contribution in [1.29, 1.82) is 0 Å². The number of pyridine rings is 1. The van der Waals surface area contributed by atoms with E-state index >= 15 is 0 Å². The van der Waals surface area contributed by atoms with E-state index in [1.165, 1.54) is 0 Å². The van der Waals surface area contributed by atoms with Crippen molar-refractivity contribution < 1.29 is 8.42 Å². The van der Waals surface area contributed by atoms with Crippen LogP contribution in [0.15, 0.2) is 29.4 Å². The zero-order valence-corrected chi connectivity index (χ0v) is 16.4. The van der Waals surface area contributed by atoms with Crippen LogP contribution in [0, 0.1) is 0 Å². The largest absolute Gasteiger partial charge is 0.355 e. The summed E-state index contributed by atoms with van der Waals surface area (Å²) in [7, 11) is -1.40. The molecule has 1 aromatic rings. The molecular formula is C17H29N5O2S. The fourth-order valence-electron chi connectivity index (χ4n) is 2.62. The van der Waals surface area contributed by atoms with Gasteiger partial charge >= 0.3 is 0 Å². The van der Waals surface area contributed by atoms with E-state index in [2.05, 4.69) is 25.1 Å². The maximum absolute atomic E-state index is 12.2. The Hall–Kier alpha value is -1.83. The summed E-state index contributed by atoms with van der Waals surface area (Å²) in [6.07, 6.45) is 1.80. The molecule has 2 rings (SSSR count). The number of rotatable bonds is 4. The highest BCUT2D eigenvalue weighted by atomic mass is 32.2. The molecule has 0 amide bonds. The first-order chi connectivity index (χ1) is 11.7. The lowest BCUT2D eigenvalue weighted by atomic mass is 10.3. The number of anilines is 1. The third-order valence-corrected chi connectivity index (χ3v) is 6.96. The molecule has 25 heavy (non-hydrogen) atoms. The summed E-state index contributed by atoms with van der Waals surface area (Å²) in [5.74, 6) is 1.84. The summed E-state index contributed by atoms with van der Waals surface area (Å²) in [6, 6.07) is 5.92. The first kappa shape index (κ1) is 19.5. The fourth-order valence-corrected chi connectivity index (χ4v) is 3.61. The molecule has 0 radical (unpaired) electrons. The summed E-state index contributed by atoms with van der Waals surface area (Å²) >= 11 is 0. The summed E-state index contributed by atoms with van der Waals surface area (Å²) in [5, 5.41) is 3.18. The van der Waals surface area contributed by atoms with Crippen molar-refractivity contribution in [2.45, 2.75) is 25.5 Å². The van der Waals surface area contributed by atoms with Gasteiger partial charge < -0.3 is 15.1 Å². The van der Waals surface area contributed by atoms with Crippen LogP contribution in [-0.4, -0.2) is 74.5 Å². The Kier molecular flexibility index (Phi) is 6.26. The molecule has 0 saturated carbocycles. The number of sulfone groups is 1. The molecule has 1 aliphatic rings. The van der Waals surface area contributed by atoms with E-state index in [9.17, 15) is 8.42 Å². The quantitative estimate of drug-likeness (QED) is 0.632. The Bertz CT molecular complexity index is 675. The highest BCUT2D eigenvalue weighted by Crippen LogP contribution is 2.15. The van der Waals surface area contributed by atoms with Gasteiger partial charge in [-0.1, -0.05) is 6.07 Å². The van der Waals surface area contributed by atoms with Gasteiger partial charge in [-0.15, -0.1) is 0 Å². The number of nitrogens with zero attached hydrogens (tertiary/aromatic N) is 4. The lowest BCUT2D eigenvalue weighted by Gasteiger charge is -2.37. The van der Waals surface area contributed by atoms with Gasteiger partial charge in [0, 0.05) is 46.0 Å². The standard InChI is InChI=1S/C17H29N5O2S/c1-17(2,3)25(23,24)14-9-20-16(18-4)22-12-10-21(11-13-22)15-7-5-6-8-19-15/h5-8H,9-14H2,1-4H3,(H,18,20). The van der Waals surface area contributed by atoms with Crippen molar-refractivity contribution in [3.8, 4) is 0 Å². The highest BCUT2D eigenvalue weighted by molar-refractivity contribution is 7.92. The molecule has 0 spiro atoms. The van der Waals surface area contributed by atoms with Gasteiger partial charge in [0.2, 0.25) is 0 Å². The third kappa shape index (κ3) is 5.07. The van der Waals surface area contributed by atoms with Crippen LogP contribution in [0.5, 0.6) is 0 Å². The fraction of sp³-hybridized carbons (Fsp3) is 0.647. The third-order valence-electron chi connectivity index (χ3n) is 4.35. The summed E-state index contributed by atoms with van der Waals surface area (Å²) < 4.78 is 23.7. The van der Waals surface area contributed by atoms with Crippen LogP contribution in [0.4, 0.5) is 5.82 Å². The Morgan fingerprint density at radius 2 is 1.92 bits per heavy atom. The van der Waals surface area contributed by atoms with E-state index in [-0.39, 0.29) is 5.75 Å². The Balaban J connectivity index is 1.85. The smallest absolute Gasteiger partial charge is 0.193 e. The number of piperazine rings is 1. The van der Waals surface area contributed by atoms with Crippen LogP contribution in [0.1, 0.15) is 20.8 Å². The molecule has 0 aliphatic carbocycles. The van der Waals surface area contributed by atoms with E-state index < -0.39 is 14.6 Å². The first-order valence-electron chi connectivity index (χ1n) is 8.58. The highest BCUT2D eigenvalue weighted by Gasteiger charge is 2.28. The van der Waals surface area contributed by atoms with Crippen LogP contribution in [0.3, 0.4) is 0 Å². The molecule has 1 aliphatic heterocycles. The average Bonchev–Trinajstić information content (AvgIpc) is 2.59. The minimum Gasteiger partial charge on any atom is -0.355 e. The van der Waals surface area contributed by atoms with Gasteiger partial charge in [-0.05, 0) is 32.9 Å². The van der Waals surface area contributed by atoms with Crippen molar-refractivity contribution in [2.75, 3.05) is 50.4 Å². The van der Waals surface area contributed by atoms with E-state index in [1.807, 2.05) is 18.2 Å². The monoisotopic (exact) mass is 367 g/mol. The number of nitrogens with one attached hydrogen (secondary N) is 1. The molecule has 1 N–H and O–H groups in total. The van der Waals surface area contributed by atoms with Crippen LogP contribution >= 0.6 is 0 Å². The molecule has 140 valence electrons. The van der Waals surface area contributed by atoms with Crippen molar-refractivity contribution >= 4 is 21.6 Å². The summed E-state index contributed by atoms with van der Waals surface area (Å²) in [4.78, 5) is 13.1. The van der Waals surface area contributed by atoms with Crippen molar-refractivity contribution in [1.82, 2.24) is 15.2 Å². The van der Waals surface area contributed by atoms with Crippen LogP contribution in [-0.2, 0) is 9.84 Å². The molecule has 7 nitrogen and oxygen atoms in total. The SMILES string of the molecule is CN=C(NCCS(=O)(=O)C(C)(C)C)N1CCN(c2ccccn2)CC1. The molecule has 0 atom stereocenters. The Morgan fingerprint density at radius 3 is 2.44 bits per heavy atom. The van der Waals surface area contributed by atoms with Gasteiger partial charge in [0.15, 0.2) is 15.8 Å². The van der Waals surface area contributed by atoms with Crippen LogP contribution < -0.4 is 10.2 Å². The van der Waals surface area contributed by atoms with Crippen molar-refractivity contribution in [2.24, 2.45) is 4.99 Å². The number of guanidine groups is 1. The molecule has 0 aromatic carbocycles. The van der Waals surface area contributed by atoms with Gasteiger partial charge in [0.05, 0.1) is 10.5 Å². The number of hydrogen-bond donors (Lipinski definition) is 1. The lowest BCUT2D eigenvalue weighted by molar-refractivity contribution is 0.372. The van der Waals surface area contributed by atoms with E-state index in [0.717, 1.165) is 38.0 Å².